The van der Waals surface area contributed by atoms with Crippen LogP contribution in [-0.4, -0.2) is 96.1 Å². The third kappa shape index (κ3) is 4.72. The molecule has 11 heteroatoms. The largest absolute Gasteiger partial charge is 0.390 e. The molecule has 1 aromatic heterocycles. The van der Waals surface area contributed by atoms with Gasteiger partial charge in [-0.15, -0.1) is 0 Å². The van der Waals surface area contributed by atoms with Gasteiger partial charge < -0.3 is 15.7 Å². The van der Waals surface area contributed by atoms with E-state index in [0.717, 1.165) is 26.2 Å². The number of likely N-dealkylation sites (N-methyl/N-ethyl adjacent to an activating group) is 1. The molecule has 0 aliphatic carbocycles. The number of halogens is 1. The lowest BCUT2D eigenvalue weighted by atomic mass is 10.0. The first-order valence-electron chi connectivity index (χ1n) is 11.8. The smallest absolute Gasteiger partial charge is 0.243 e. The van der Waals surface area contributed by atoms with Crippen molar-refractivity contribution >= 4 is 15.8 Å². The van der Waals surface area contributed by atoms with Crippen LogP contribution in [0.5, 0.6) is 0 Å². The fourth-order valence-electron chi connectivity index (χ4n) is 4.88. The SMILES string of the molecule is CN1CCN([C@H]2CN(S(=O)(=O)c3ccccc3-c3ccc(-c4cnc(N)cn4)c(F)c3)C[C@@H]2O)CC1. The predicted octanol–water partition coefficient (Wildman–Crippen LogP) is 1.51. The number of piperazine rings is 1. The summed E-state index contributed by atoms with van der Waals surface area (Å²) in [6.45, 7) is 3.56. The van der Waals surface area contributed by atoms with Crippen molar-refractivity contribution in [1.82, 2.24) is 24.1 Å². The van der Waals surface area contributed by atoms with Crippen LogP contribution in [-0.2, 0) is 10.0 Å². The Morgan fingerprint density at radius 2 is 1.75 bits per heavy atom. The minimum absolute atomic E-state index is 0.0246. The van der Waals surface area contributed by atoms with E-state index in [1.165, 1.54) is 28.8 Å². The van der Waals surface area contributed by atoms with Gasteiger partial charge in [-0.1, -0.05) is 24.3 Å². The average Bonchev–Trinajstić information content (AvgIpc) is 3.27. The molecule has 3 N–H and O–H groups in total. The van der Waals surface area contributed by atoms with E-state index in [2.05, 4.69) is 26.8 Å². The summed E-state index contributed by atoms with van der Waals surface area (Å²) in [5, 5.41) is 10.7. The summed E-state index contributed by atoms with van der Waals surface area (Å²) < 4.78 is 43.9. The monoisotopic (exact) mass is 512 g/mol. The molecule has 2 aliphatic rings. The van der Waals surface area contributed by atoms with E-state index >= 15 is 4.39 Å². The highest BCUT2D eigenvalue weighted by atomic mass is 32.2. The third-order valence-electron chi connectivity index (χ3n) is 6.97. The van der Waals surface area contributed by atoms with Crippen LogP contribution in [0.3, 0.4) is 0 Å². The van der Waals surface area contributed by atoms with Crippen LogP contribution in [0, 0.1) is 5.82 Å². The van der Waals surface area contributed by atoms with Crippen LogP contribution in [0.15, 0.2) is 59.8 Å². The predicted molar refractivity (Wildman–Crippen MR) is 135 cm³/mol. The van der Waals surface area contributed by atoms with Crippen molar-refractivity contribution in [3.8, 4) is 22.4 Å². The number of hydrogen-bond donors (Lipinski definition) is 2. The van der Waals surface area contributed by atoms with E-state index in [1.807, 2.05) is 0 Å². The van der Waals surface area contributed by atoms with Crippen molar-refractivity contribution in [3.63, 3.8) is 0 Å². The second kappa shape index (κ2) is 9.83. The summed E-state index contributed by atoms with van der Waals surface area (Å²) >= 11 is 0. The molecule has 190 valence electrons. The number of rotatable bonds is 5. The van der Waals surface area contributed by atoms with Crippen LogP contribution >= 0.6 is 0 Å². The lowest BCUT2D eigenvalue weighted by Gasteiger charge is -2.37. The summed E-state index contributed by atoms with van der Waals surface area (Å²) in [4.78, 5) is 12.5. The fourth-order valence-corrected chi connectivity index (χ4v) is 6.57. The molecular formula is C25H29FN6O3S. The first-order valence-corrected chi connectivity index (χ1v) is 13.3. The molecule has 0 saturated carbocycles. The maximum absolute atomic E-state index is 15.1. The van der Waals surface area contributed by atoms with Gasteiger partial charge in [0.25, 0.3) is 0 Å². The van der Waals surface area contributed by atoms with E-state index in [0.29, 0.717) is 16.8 Å². The zero-order chi connectivity index (χ0) is 25.4. The summed E-state index contributed by atoms with van der Waals surface area (Å²) in [5.74, 6) is -0.317. The topological polar surface area (TPSA) is 116 Å². The Hall–Kier alpha value is -2.96. The minimum atomic E-state index is -3.94. The van der Waals surface area contributed by atoms with Crippen molar-refractivity contribution in [3.05, 3.63) is 60.7 Å². The molecule has 3 heterocycles. The highest BCUT2D eigenvalue weighted by Gasteiger charge is 2.42. The Labute approximate surface area is 210 Å². The number of anilines is 1. The Bertz CT molecular complexity index is 1350. The lowest BCUT2D eigenvalue weighted by molar-refractivity contribution is 0.0512. The van der Waals surface area contributed by atoms with Crippen molar-refractivity contribution in [2.75, 3.05) is 52.0 Å². The third-order valence-corrected chi connectivity index (χ3v) is 8.85. The summed E-state index contributed by atoms with van der Waals surface area (Å²) in [5.41, 5.74) is 6.96. The van der Waals surface area contributed by atoms with Crippen LogP contribution in [0.2, 0.25) is 0 Å². The molecule has 0 bridgehead atoms. The van der Waals surface area contributed by atoms with Gasteiger partial charge in [0, 0.05) is 50.4 Å². The van der Waals surface area contributed by atoms with E-state index in [-0.39, 0.29) is 35.4 Å². The maximum atomic E-state index is 15.1. The van der Waals surface area contributed by atoms with Crippen LogP contribution in [0.25, 0.3) is 22.4 Å². The molecule has 2 aromatic carbocycles. The van der Waals surface area contributed by atoms with Crippen LogP contribution in [0.4, 0.5) is 10.2 Å². The van der Waals surface area contributed by atoms with E-state index in [1.54, 1.807) is 30.3 Å². The number of nitrogens with two attached hydrogens (primary N) is 1. The molecule has 2 aliphatic heterocycles. The number of benzene rings is 2. The van der Waals surface area contributed by atoms with Crippen molar-refractivity contribution in [2.24, 2.45) is 0 Å². The van der Waals surface area contributed by atoms with Crippen LogP contribution in [0.1, 0.15) is 0 Å². The number of aliphatic hydroxyl groups is 1. The van der Waals surface area contributed by atoms with E-state index in [9.17, 15) is 13.5 Å². The molecule has 2 saturated heterocycles. The van der Waals surface area contributed by atoms with Gasteiger partial charge in [-0.25, -0.2) is 17.8 Å². The molecular weight excluding hydrogens is 483 g/mol. The molecule has 9 nitrogen and oxygen atoms in total. The molecule has 36 heavy (non-hydrogen) atoms. The van der Waals surface area contributed by atoms with E-state index < -0.39 is 21.9 Å². The summed E-state index contributed by atoms with van der Waals surface area (Å²) in [6, 6.07) is 10.8. The number of aliphatic hydroxyl groups excluding tert-OH is 1. The Morgan fingerprint density at radius 1 is 1.00 bits per heavy atom. The number of aromatic nitrogens is 2. The number of hydrogen-bond acceptors (Lipinski definition) is 8. The quantitative estimate of drug-likeness (QED) is 0.529. The summed E-state index contributed by atoms with van der Waals surface area (Å²) in [7, 11) is -1.88. The number of nitrogens with zero attached hydrogens (tertiary/aromatic N) is 5. The van der Waals surface area contributed by atoms with Crippen molar-refractivity contribution in [1.29, 1.82) is 0 Å². The normalized spacial score (nSPS) is 22.2. The Kier molecular flexibility index (Phi) is 6.75. The fraction of sp³-hybridized carbons (Fsp3) is 0.360. The zero-order valence-electron chi connectivity index (χ0n) is 20.0. The molecule has 2 atom stereocenters. The Balaban J connectivity index is 1.43. The van der Waals surface area contributed by atoms with Crippen LogP contribution < -0.4 is 5.73 Å². The minimum Gasteiger partial charge on any atom is -0.390 e. The lowest BCUT2D eigenvalue weighted by Crippen LogP contribution is -2.52. The van der Waals surface area contributed by atoms with Crippen molar-refractivity contribution < 1.29 is 17.9 Å². The first-order chi connectivity index (χ1) is 17.2. The number of nitrogen functional groups attached to an aromatic ring is 1. The first kappa shape index (κ1) is 24.7. The molecule has 0 radical (unpaired) electrons. The Morgan fingerprint density at radius 3 is 2.44 bits per heavy atom. The van der Waals surface area contributed by atoms with Gasteiger partial charge in [-0.3, -0.25) is 9.88 Å². The zero-order valence-corrected chi connectivity index (χ0v) is 20.8. The highest BCUT2D eigenvalue weighted by Crippen LogP contribution is 2.34. The molecule has 0 unspecified atom stereocenters. The number of sulfonamides is 1. The van der Waals surface area contributed by atoms with Crippen molar-refractivity contribution in [2.45, 2.75) is 17.0 Å². The van der Waals surface area contributed by atoms with Gasteiger partial charge in [0.15, 0.2) is 0 Å². The van der Waals surface area contributed by atoms with Gasteiger partial charge >= 0.3 is 0 Å². The molecule has 2 fully saturated rings. The van der Waals surface area contributed by atoms with Gasteiger partial charge in [0.2, 0.25) is 10.0 Å². The van der Waals surface area contributed by atoms with Gasteiger partial charge in [-0.2, -0.15) is 4.31 Å². The second-order valence-corrected chi connectivity index (χ2v) is 11.2. The average molecular weight is 513 g/mol. The van der Waals surface area contributed by atoms with Gasteiger partial charge in [0.1, 0.15) is 11.6 Å². The second-order valence-electron chi connectivity index (χ2n) is 9.31. The number of β-amino-alcohol motifs (C(OH)–C–C–N with tert-alkyl or cyclic N) is 1. The maximum Gasteiger partial charge on any atom is 0.243 e. The highest BCUT2D eigenvalue weighted by molar-refractivity contribution is 7.89. The summed E-state index contributed by atoms with van der Waals surface area (Å²) in [6.07, 6.45) is 1.97. The van der Waals surface area contributed by atoms with Gasteiger partial charge in [-0.05, 0) is 30.8 Å². The van der Waals surface area contributed by atoms with E-state index in [4.69, 9.17) is 5.73 Å². The molecule has 5 rings (SSSR count). The molecule has 0 amide bonds. The molecule has 0 spiro atoms. The van der Waals surface area contributed by atoms with Gasteiger partial charge in [0.05, 0.1) is 35.1 Å². The standard InChI is InChI=1S/C25H29FN6O3S/c1-30-8-10-31(11-9-30)22-15-32(16-23(22)33)36(34,35)24-5-3-2-4-18(24)17-6-7-19(20(26)12-17)21-13-29-25(27)14-28-21/h2-7,12-14,22-23,33H,8-11,15-16H2,1H3,(H2,27,29)/t22-,23-/m0/s1. The molecule has 3 aromatic rings.